The van der Waals surface area contributed by atoms with E-state index in [1.807, 2.05) is 38.1 Å². The zero-order valence-electron chi connectivity index (χ0n) is 22.6. The van der Waals surface area contributed by atoms with Gasteiger partial charge in [-0.1, -0.05) is 35.4 Å². The van der Waals surface area contributed by atoms with Crippen molar-refractivity contribution in [2.45, 2.75) is 52.6 Å². The molecule has 1 unspecified atom stereocenters. The Morgan fingerprint density at radius 1 is 0.925 bits per heavy atom. The van der Waals surface area contributed by atoms with Gasteiger partial charge in [0.25, 0.3) is 5.56 Å². The second-order valence-corrected chi connectivity index (χ2v) is 9.84. The van der Waals surface area contributed by atoms with Gasteiger partial charge in [0, 0.05) is 6.42 Å². The minimum atomic E-state index is -0.899. The van der Waals surface area contributed by atoms with Crippen LogP contribution in [0.1, 0.15) is 56.0 Å². The molecule has 1 fully saturated rings. The summed E-state index contributed by atoms with van der Waals surface area (Å²) in [6.45, 7) is 6.84. The highest BCUT2D eigenvalue weighted by Crippen LogP contribution is 2.33. The molecule has 0 radical (unpaired) electrons. The third kappa shape index (κ3) is 5.41. The van der Waals surface area contributed by atoms with Crippen molar-refractivity contribution in [3.8, 4) is 0 Å². The van der Waals surface area contributed by atoms with Gasteiger partial charge in [-0.25, -0.2) is 24.5 Å². The molecule has 0 spiro atoms. The Hall–Kier alpha value is -4.64. The first-order chi connectivity index (χ1) is 19.1. The van der Waals surface area contributed by atoms with E-state index in [1.165, 1.54) is 4.57 Å². The smallest absolute Gasteiger partial charge is 0.338 e. The van der Waals surface area contributed by atoms with E-state index in [2.05, 4.69) is 15.0 Å². The number of hydrogen-bond acceptors (Lipinski definition) is 10. The molecule has 3 atom stereocenters. The first-order valence-electron chi connectivity index (χ1n) is 12.8. The van der Waals surface area contributed by atoms with Crippen LogP contribution in [0.2, 0.25) is 0 Å². The molecule has 5 rings (SSSR count). The number of esters is 2. The summed E-state index contributed by atoms with van der Waals surface area (Å²) in [4.78, 5) is 51.9. The van der Waals surface area contributed by atoms with Gasteiger partial charge in [-0.05, 0) is 52.0 Å². The lowest BCUT2D eigenvalue weighted by Gasteiger charge is -2.19. The molecule has 1 saturated heterocycles. The number of ether oxygens (including phenoxy) is 3. The molecule has 0 aliphatic carbocycles. The maximum Gasteiger partial charge on any atom is 0.338 e. The number of hydrogen-bond donors (Lipinski definition) is 1. The maximum atomic E-state index is 13.3. The first kappa shape index (κ1) is 26.9. The molecule has 11 heteroatoms. The fraction of sp³-hybridized carbons (Fsp3) is 0.310. The summed E-state index contributed by atoms with van der Waals surface area (Å²) in [5, 5.41) is 0. The third-order valence-electron chi connectivity index (χ3n) is 6.72. The van der Waals surface area contributed by atoms with E-state index in [0.29, 0.717) is 17.0 Å². The zero-order valence-corrected chi connectivity index (χ0v) is 22.6. The van der Waals surface area contributed by atoms with Crippen LogP contribution in [-0.2, 0) is 14.2 Å². The largest absolute Gasteiger partial charge is 0.459 e. The average molecular weight is 544 g/mol. The van der Waals surface area contributed by atoms with Gasteiger partial charge in [0.1, 0.15) is 42.1 Å². The van der Waals surface area contributed by atoms with Crippen LogP contribution in [0.25, 0.3) is 11.2 Å². The number of nitrogens with zero attached hydrogens (tertiary/aromatic N) is 4. The SMILES string of the molecule is Cc1ccc(C(=O)OC[C@H]2OC(n3c(=O)c(C)nc4c(N)nc(C)nc43)C[C@@H]2OC(=O)c2ccc(C)cc2)cc1. The summed E-state index contributed by atoms with van der Waals surface area (Å²) in [7, 11) is 0. The first-order valence-corrected chi connectivity index (χ1v) is 12.8. The number of benzene rings is 2. The van der Waals surface area contributed by atoms with E-state index in [4.69, 9.17) is 19.9 Å². The Kier molecular flexibility index (Phi) is 7.31. The van der Waals surface area contributed by atoms with Crippen LogP contribution < -0.4 is 11.3 Å². The lowest BCUT2D eigenvalue weighted by atomic mass is 10.1. The van der Waals surface area contributed by atoms with Gasteiger partial charge in [0.15, 0.2) is 11.5 Å². The normalized spacial score (nSPS) is 18.6. The highest BCUT2D eigenvalue weighted by molar-refractivity contribution is 5.90. The van der Waals surface area contributed by atoms with Crippen molar-refractivity contribution < 1.29 is 23.8 Å². The van der Waals surface area contributed by atoms with Crippen LogP contribution in [0.15, 0.2) is 53.3 Å². The molecular formula is C29H29N5O6. The fourth-order valence-corrected chi connectivity index (χ4v) is 4.56. The van der Waals surface area contributed by atoms with E-state index < -0.39 is 35.9 Å². The Labute approximate surface area is 229 Å². The van der Waals surface area contributed by atoms with Crippen LogP contribution in [0, 0.1) is 27.7 Å². The van der Waals surface area contributed by atoms with Crippen LogP contribution in [-0.4, -0.2) is 50.3 Å². The van der Waals surface area contributed by atoms with Crippen LogP contribution in [0.5, 0.6) is 0 Å². The summed E-state index contributed by atoms with van der Waals surface area (Å²) >= 11 is 0. The molecule has 1 aliphatic rings. The van der Waals surface area contributed by atoms with Gasteiger partial charge in [0.2, 0.25) is 0 Å². The summed E-state index contributed by atoms with van der Waals surface area (Å²) in [5.74, 6) is -0.625. The van der Waals surface area contributed by atoms with Crippen molar-refractivity contribution in [3.63, 3.8) is 0 Å². The molecule has 0 amide bonds. The van der Waals surface area contributed by atoms with Gasteiger partial charge in [0.05, 0.1) is 11.1 Å². The van der Waals surface area contributed by atoms with E-state index in [-0.39, 0.29) is 35.7 Å². The molecule has 0 bridgehead atoms. The highest BCUT2D eigenvalue weighted by Gasteiger charge is 2.41. The number of carbonyl (C=O) groups excluding carboxylic acids is 2. The number of nitrogen functional groups attached to an aromatic ring is 1. The van der Waals surface area contributed by atoms with Gasteiger partial charge in [-0.2, -0.15) is 0 Å². The highest BCUT2D eigenvalue weighted by atomic mass is 16.6. The Balaban J connectivity index is 1.46. The average Bonchev–Trinajstić information content (AvgIpc) is 3.31. The number of carbonyl (C=O) groups is 2. The number of aromatic nitrogens is 4. The van der Waals surface area contributed by atoms with Gasteiger partial charge in [-0.3, -0.25) is 9.36 Å². The second-order valence-electron chi connectivity index (χ2n) is 9.84. The van der Waals surface area contributed by atoms with Crippen molar-refractivity contribution in [1.29, 1.82) is 0 Å². The topological polar surface area (TPSA) is 149 Å². The molecule has 0 saturated carbocycles. The predicted octanol–water partition coefficient (Wildman–Crippen LogP) is 3.37. The Bertz CT molecular complexity index is 1650. The molecule has 2 aromatic heterocycles. The maximum absolute atomic E-state index is 13.3. The van der Waals surface area contributed by atoms with Gasteiger partial charge < -0.3 is 19.9 Å². The summed E-state index contributed by atoms with van der Waals surface area (Å²) in [6.07, 6.45) is -2.49. The molecule has 40 heavy (non-hydrogen) atoms. The van der Waals surface area contributed by atoms with Gasteiger partial charge >= 0.3 is 11.9 Å². The Morgan fingerprint density at radius 3 is 2.15 bits per heavy atom. The quantitative estimate of drug-likeness (QED) is 0.359. The van der Waals surface area contributed by atoms with Crippen molar-refractivity contribution >= 4 is 28.9 Å². The van der Waals surface area contributed by atoms with Crippen molar-refractivity contribution in [3.05, 3.63) is 92.7 Å². The molecule has 2 aromatic carbocycles. The number of aryl methyl sites for hydroxylation is 4. The molecule has 2 N–H and O–H groups in total. The third-order valence-corrected chi connectivity index (χ3v) is 6.72. The fourth-order valence-electron chi connectivity index (χ4n) is 4.56. The van der Waals surface area contributed by atoms with Crippen LogP contribution in [0.3, 0.4) is 0 Å². The number of fused-ring (bicyclic) bond motifs is 1. The lowest BCUT2D eigenvalue weighted by Crippen LogP contribution is -2.32. The van der Waals surface area contributed by atoms with E-state index in [1.54, 1.807) is 38.1 Å². The second kappa shape index (κ2) is 10.9. The van der Waals surface area contributed by atoms with Crippen molar-refractivity contribution in [2.24, 2.45) is 0 Å². The minimum absolute atomic E-state index is 0.103. The molecular weight excluding hydrogens is 514 g/mol. The Morgan fingerprint density at radius 2 is 1.52 bits per heavy atom. The number of anilines is 1. The summed E-state index contributed by atoms with van der Waals surface area (Å²) in [6, 6.07) is 13.9. The van der Waals surface area contributed by atoms with Crippen LogP contribution in [0.4, 0.5) is 5.82 Å². The number of rotatable bonds is 6. The summed E-state index contributed by atoms with van der Waals surface area (Å²) in [5.41, 5.74) is 9.04. The standard InChI is InChI=1S/C29H29N5O6/c1-15-5-9-19(10-6-15)28(36)38-14-22-21(40-29(37)20-11-7-16(2)8-12-20)13-23(39-22)34-26-24(31-17(3)27(34)35)25(30)32-18(4)33-26/h5-12,21-23H,13-14H2,1-4H3,(H2,30,32,33)/t21-,22+,23?/m0/s1. The molecule has 3 heterocycles. The van der Waals surface area contributed by atoms with Crippen molar-refractivity contribution in [2.75, 3.05) is 12.3 Å². The molecule has 1 aliphatic heterocycles. The molecule has 4 aromatic rings. The lowest BCUT2D eigenvalue weighted by molar-refractivity contribution is -0.0570. The number of nitrogens with two attached hydrogens (primary N) is 1. The molecule has 206 valence electrons. The minimum Gasteiger partial charge on any atom is -0.459 e. The monoisotopic (exact) mass is 543 g/mol. The zero-order chi connectivity index (χ0) is 28.6. The predicted molar refractivity (Wildman–Crippen MR) is 146 cm³/mol. The van der Waals surface area contributed by atoms with Crippen LogP contribution >= 0.6 is 0 Å². The van der Waals surface area contributed by atoms with E-state index >= 15 is 0 Å². The molecule has 11 nitrogen and oxygen atoms in total. The van der Waals surface area contributed by atoms with E-state index in [0.717, 1.165) is 11.1 Å². The van der Waals surface area contributed by atoms with Crippen molar-refractivity contribution in [1.82, 2.24) is 19.5 Å². The van der Waals surface area contributed by atoms with Gasteiger partial charge in [-0.15, -0.1) is 0 Å². The summed E-state index contributed by atoms with van der Waals surface area (Å²) < 4.78 is 19.0. The van der Waals surface area contributed by atoms with E-state index in [9.17, 15) is 14.4 Å².